The van der Waals surface area contributed by atoms with Crippen LogP contribution in [0.15, 0.2) is 0 Å². The third-order valence-corrected chi connectivity index (χ3v) is 0.640. The van der Waals surface area contributed by atoms with Gasteiger partial charge in [0.15, 0.2) is 0 Å². The lowest BCUT2D eigenvalue weighted by Gasteiger charge is -1.81. The molecule has 0 aliphatic heterocycles. The molecule has 0 amide bonds. The van der Waals surface area contributed by atoms with Gasteiger partial charge in [-0.05, 0) is 0 Å². The number of ketones is 3. The summed E-state index contributed by atoms with van der Waals surface area (Å²) in [5.41, 5.74) is 0. The van der Waals surface area contributed by atoms with E-state index in [1.165, 1.54) is 0 Å². The molecule has 0 bridgehead atoms. The Balaban J connectivity index is 0. The number of hydrogen-bond donors (Lipinski definition) is 1. The highest BCUT2D eigenvalue weighted by Crippen LogP contribution is 1.75. The average molecular weight is 131 g/mol. The van der Waals surface area contributed by atoms with Crippen LogP contribution < -0.4 is 6.15 Å². The van der Waals surface area contributed by atoms with E-state index in [9.17, 15) is 14.4 Å². The minimum absolute atomic E-state index is 0. The van der Waals surface area contributed by atoms with Crippen molar-refractivity contribution in [1.29, 1.82) is 0 Å². The first kappa shape index (κ1) is 10.9. The molecule has 0 saturated heterocycles. The summed E-state index contributed by atoms with van der Waals surface area (Å²) in [5, 5.41) is 0. The summed E-state index contributed by atoms with van der Waals surface area (Å²) in [6, 6.07) is 0. The molecule has 4 nitrogen and oxygen atoms in total. The van der Waals surface area contributed by atoms with Gasteiger partial charge in [0.25, 0.3) is 5.78 Å². The highest BCUT2D eigenvalue weighted by atomic mass is 16.2. The fourth-order valence-electron chi connectivity index (χ4n) is 0.248. The first-order chi connectivity index (χ1) is 3.55. The number of carbonyl (C=O) groups excluding carboxylic acids is 3. The van der Waals surface area contributed by atoms with Gasteiger partial charge in [0.1, 0.15) is 0 Å². The fourth-order valence-corrected chi connectivity index (χ4v) is 0.248. The zero-order valence-electron chi connectivity index (χ0n) is 5.43. The van der Waals surface area contributed by atoms with Crippen LogP contribution in [0.4, 0.5) is 0 Å². The Morgan fingerprint density at radius 2 is 1.11 bits per heavy atom. The Morgan fingerprint density at radius 1 is 0.889 bits per heavy atom. The summed E-state index contributed by atoms with van der Waals surface area (Å²) in [6.07, 6.45) is 0. The molecule has 0 aliphatic carbocycles. The van der Waals surface area contributed by atoms with E-state index in [0.29, 0.717) is 0 Å². The molecule has 0 aliphatic rings. The molecule has 0 aromatic rings. The number of rotatable bonds is 2. The molecule has 0 spiro atoms. The molecule has 0 unspecified atom stereocenters. The van der Waals surface area contributed by atoms with Crippen LogP contribution in [0, 0.1) is 0 Å². The SMILES string of the molecule is CC(=O)C(=O)C(C)=O.N. The highest BCUT2D eigenvalue weighted by Gasteiger charge is 2.11. The maximum atomic E-state index is 10.1. The average Bonchev–Trinajstić information content (AvgIpc) is 1.64. The van der Waals surface area contributed by atoms with Crippen LogP contribution in [0.2, 0.25) is 0 Å². The van der Waals surface area contributed by atoms with Gasteiger partial charge in [0.05, 0.1) is 0 Å². The van der Waals surface area contributed by atoms with Crippen molar-refractivity contribution in [3.8, 4) is 0 Å². The maximum Gasteiger partial charge on any atom is 0.263 e. The highest BCUT2D eigenvalue weighted by molar-refractivity contribution is 6.62. The third kappa shape index (κ3) is 3.54. The van der Waals surface area contributed by atoms with Gasteiger partial charge in [-0.1, -0.05) is 0 Å². The predicted octanol–water partition coefficient (Wildman–Crippen LogP) is -0.105. The van der Waals surface area contributed by atoms with Gasteiger partial charge in [0.2, 0.25) is 11.6 Å². The molecule has 0 aromatic carbocycles. The van der Waals surface area contributed by atoms with Gasteiger partial charge in [-0.2, -0.15) is 0 Å². The Bertz CT molecular complexity index is 134. The van der Waals surface area contributed by atoms with E-state index in [2.05, 4.69) is 0 Å². The molecule has 0 aromatic heterocycles. The maximum absolute atomic E-state index is 10.1. The summed E-state index contributed by atoms with van der Waals surface area (Å²) in [7, 11) is 0. The summed E-state index contributed by atoms with van der Waals surface area (Å²) >= 11 is 0. The number of carbonyl (C=O) groups is 3. The summed E-state index contributed by atoms with van der Waals surface area (Å²) in [6.45, 7) is 2.15. The van der Waals surface area contributed by atoms with Crippen LogP contribution in [0.1, 0.15) is 13.8 Å². The minimum Gasteiger partial charge on any atom is -0.344 e. The second kappa shape index (κ2) is 3.91. The number of Topliss-reactive ketones (excluding diaryl/α,β-unsaturated/α-hetero) is 3. The van der Waals surface area contributed by atoms with Crippen LogP contribution >= 0.6 is 0 Å². The van der Waals surface area contributed by atoms with Gasteiger partial charge in [-0.15, -0.1) is 0 Å². The molecule has 0 radical (unpaired) electrons. The van der Waals surface area contributed by atoms with Crippen molar-refractivity contribution in [2.45, 2.75) is 13.8 Å². The second-order valence-electron chi connectivity index (χ2n) is 1.44. The Kier molecular flexibility index (Phi) is 4.72. The van der Waals surface area contributed by atoms with Crippen molar-refractivity contribution in [3.63, 3.8) is 0 Å². The van der Waals surface area contributed by atoms with E-state index in [4.69, 9.17) is 0 Å². The minimum atomic E-state index is -0.926. The predicted molar refractivity (Wildman–Crippen MR) is 31.4 cm³/mol. The van der Waals surface area contributed by atoms with Crippen LogP contribution in [0.5, 0.6) is 0 Å². The lowest BCUT2D eigenvalue weighted by Crippen LogP contribution is -2.17. The van der Waals surface area contributed by atoms with Crippen LogP contribution in [-0.4, -0.2) is 17.3 Å². The Hall–Kier alpha value is -1.03. The quantitative estimate of drug-likeness (QED) is 0.418. The third-order valence-electron chi connectivity index (χ3n) is 0.640. The molecule has 0 fully saturated rings. The van der Waals surface area contributed by atoms with Crippen molar-refractivity contribution < 1.29 is 14.4 Å². The normalized spacial score (nSPS) is 7.33. The van der Waals surface area contributed by atoms with E-state index < -0.39 is 17.3 Å². The molecule has 0 saturated carbocycles. The topological polar surface area (TPSA) is 86.2 Å². The molecule has 3 N–H and O–H groups in total. The van der Waals surface area contributed by atoms with E-state index in [0.717, 1.165) is 13.8 Å². The van der Waals surface area contributed by atoms with Gasteiger partial charge < -0.3 is 6.15 Å². The van der Waals surface area contributed by atoms with Crippen molar-refractivity contribution in [2.24, 2.45) is 0 Å². The smallest absolute Gasteiger partial charge is 0.263 e. The van der Waals surface area contributed by atoms with E-state index in [1.54, 1.807) is 0 Å². The zero-order chi connectivity index (χ0) is 6.73. The van der Waals surface area contributed by atoms with Crippen LogP contribution in [-0.2, 0) is 14.4 Å². The summed E-state index contributed by atoms with van der Waals surface area (Å²) < 4.78 is 0. The van der Waals surface area contributed by atoms with Crippen molar-refractivity contribution in [2.75, 3.05) is 0 Å². The van der Waals surface area contributed by atoms with Gasteiger partial charge in [0, 0.05) is 13.8 Å². The van der Waals surface area contributed by atoms with E-state index in [1.807, 2.05) is 0 Å². The monoisotopic (exact) mass is 131 g/mol. The summed E-state index contributed by atoms with van der Waals surface area (Å²) in [5.74, 6) is -2.32. The first-order valence-corrected chi connectivity index (χ1v) is 2.11. The lowest BCUT2D eigenvalue weighted by molar-refractivity contribution is -0.142. The number of hydrogen-bond acceptors (Lipinski definition) is 4. The van der Waals surface area contributed by atoms with Gasteiger partial charge >= 0.3 is 0 Å². The van der Waals surface area contributed by atoms with Crippen molar-refractivity contribution >= 4 is 17.3 Å². The second-order valence-corrected chi connectivity index (χ2v) is 1.44. The van der Waals surface area contributed by atoms with Gasteiger partial charge in [-0.25, -0.2) is 0 Å². The molecule has 0 rings (SSSR count). The standard InChI is InChI=1S/C5H6O3.H3N/c1-3(6)5(8)4(2)7;/h1-2H3;1H3. The largest absolute Gasteiger partial charge is 0.344 e. The van der Waals surface area contributed by atoms with Crippen LogP contribution in [0.3, 0.4) is 0 Å². The van der Waals surface area contributed by atoms with Gasteiger partial charge in [-0.3, -0.25) is 14.4 Å². The molecular formula is C5H9NO3. The van der Waals surface area contributed by atoms with E-state index in [-0.39, 0.29) is 6.15 Å². The lowest BCUT2D eigenvalue weighted by atomic mass is 10.2. The molecule has 52 valence electrons. The summed E-state index contributed by atoms with van der Waals surface area (Å²) in [4.78, 5) is 30.2. The molecule has 0 heterocycles. The first-order valence-electron chi connectivity index (χ1n) is 2.11. The van der Waals surface area contributed by atoms with Crippen molar-refractivity contribution in [1.82, 2.24) is 6.15 Å². The van der Waals surface area contributed by atoms with Crippen molar-refractivity contribution in [3.05, 3.63) is 0 Å². The Labute approximate surface area is 52.8 Å². The fraction of sp³-hybridized carbons (Fsp3) is 0.400. The molecular weight excluding hydrogens is 122 g/mol. The molecule has 9 heavy (non-hydrogen) atoms. The molecule has 0 atom stereocenters. The van der Waals surface area contributed by atoms with E-state index >= 15 is 0 Å². The molecule has 4 heteroatoms. The van der Waals surface area contributed by atoms with Crippen LogP contribution in [0.25, 0.3) is 0 Å². The zero-order valence-corrected chi connectivity index (χ0v) is 5.43. The Morgan fingerprint density at radius 3 is 1.11 bits per heavy atom.